The Morgan fingerprint density at radius 3 is 2.42 bits per heavy atom. The van der Waals surface area contributed by atoms with Crippen LogP contribution in [0, 0.1) is 5.41 Å². The highest BCUT2D eigenvalue weighted by Gasteiger charge is 2.47. The van der Waals surface area contributed by atoms with Gasteiger partial charge in [0.25, 0.3) is 0 Å². The first-order valence-corrected chi connectivity index (χ1v) is 8.02. The fraction of sp³-hybridized carbons (Fsp3) is 0.471. The van der Waals surface area contributed by atoms with E-state index in [0.29, 0.717) is 23.0 Å². The number of hydrogen-bond donors (Lipinski definition) is 1. The standard InChI is InChI=1S/C17H22ClN3O3/c1-12(22)24-17(16(2,3)4,9-15-19-11-20-21-15)10-23-14-7-5-13(18)6-8-14/h5-8,11H,9-10H2,1-4H3,(H,19,20,21). The average molecular weight is 352 g/mol. The van der Waals surface area contributed by atoms with Gasteiger partial charge in [-0.25, -0.2) is 0 Å². The van der Waals surface area contributed by atoms with Gasteiger partial charge in [0.05, 0.1) is 6.42 Å². The summed E-state index contributed by atoms with van der Waals surface area (Å²) in [6.07, 6.45) is 1.86. The summed E-state index contributed by atoms with van der Waals surface area (Å²) >= 11 is 5.89. The molecule has 1 N–H and O–H groups in total. The Bertz CT molecular complexity index is 665. The Morgan fingerprint density at radius 1 is 1.25 bits per heavy atom. The van der Waals surface area contributed by atoms with Crippen LogP contribution in [0.15, 0.2) is 30.6 Å². The van der Waals surface area contributed by atoms with Crippen molar-refractivity contribution >= 4 is 17.6 Å². The fourth-order valence-corrected chi connectivity index (χ4v) is 2.47. The van der Waals surface area contributed by atoms with Crippen molar-refractivity contribution in [3.63, 3.8) is 0 Å². The number of ether oxygens (including phenoxy) is 2. The largest absolute Gasteiger partial charge is 0.489 e. The second-order valence-electron chi connectivity index (χ2n) is 6.69. The smallest absolute Gasteiger partial charge is 0.303 e. The van der Waals surface area contributed by atoms with E-state index >= 15 is 0 Å². The average Bonchev–Trinajstić information content (AvgIpc) is 2.97. The Kier molecular flexibility index (Phi) is 5.49. The molecule has 2 aromatic rings. The predicted molar refractivity (Wildman–Crippen MR) is 91.0 cm³/mol. The molecule has 0 aliphatic rings. The van der Waals surface area contributed by atoms with Crippen molar-refractivity contribution in [3.05, 3.63) is 41.4 Å². The van der Waals surface area contributed by atoms with E-state index in [1.165, 1.54) is 13.3 Å². The van der Waals surface area contributed by atoms with Crippen LogP contribution in [0.1, 0.15) is 33.5 Å². The third kappa shape index (κ3) is 4.47. The van der Waals surface area contributed by atoms with E-state index in [-0.39, 0.29) is 12.6 Å². The summed E-state index contributed by atoms with van der Waals surface area (Å²) in [6.45, 7) is 7.56. The Balaban J connectivity index is 2.28. The van der Waals surface area contributed by atoms with Crippen LogP contribution in [0.4, 0.5) is 0 Å². The molecule has 0 bridgehead atoms. The molecule has 0 spiro atoms. The molecule has 130 valence electrons. The summed E-state index contributed by atoms with van der Waals surface area (Å²) in [5.74, 6) is 0.910. The molecule has 1 aromatic carbocycles. The lowest BCUT2D eigenvalue weighted by Gasteiger charge is -2.42. The normalized spacial score (nSPS) is 14.0. The molecule has 2 rings (SSSR count). The summed E-state index contributed by atoms with van der Waals surface area (Å²) in [5, 5.41) is 8.44. The quantitative estimate of drug-likeness (QED) is 0.807. The molecule has 1 heterocycles. The van der Waals surface area contributed by atoms with E-state index in [1.807, 2.05) is 20.8 Å². The molecule has 0 amide bonds. The zero-order valence-corrected chi connectivity index (χ0v) is 15.1. The lowest BCUT2D eigenvalue weighted by Crippen LogP contribution is -2.53. The molecule has 0 saturated carbocycles. The SMILES string of the molecule is CC(=O)OC(COc1ccc(Cl)cc1)(Cc1nnc[nH]1)C(C)(C)C. The second kappa shape index (κ2) is 7.21. The van der Waals surface area contributed by atoms with Crippen LogP contribution in [-0.2, 0) is 16.0 Å². The summed E-state index contributed by atoms with van der Waals surface area (Å²) in [6, 6.07) is 7.05. The van der Waals surface area contributed by atoms with Crippen molar-refractivity contribution < 1.29 is 14.3 Å². The first-order chi connectivity index (χ1) is 11.2. The zero-order valence-electron chi connectivity index (χ0n) is 14.3. The Morgan fingerprint density at radius 2 is 1.92 bits per heavy atom. The van der Waals surface area contributed by atoms with Crippen LogP contribution in [0.25, 0.3) is 0 Å². The summed E-state index contributed by atoms with van der Waals surface area (Å²) < 4.78 is 11.6. The molecular weight excluding hydrogens is 330 g/mol. The fourth-order valence-electron chi connectivity index (χ4n) is 2.34. The number of nitrogens with zero attached hydrogens (tertiary/aromatic N) is 2. The predicted octanol–water partition coefficient (Wildman–Crippen LogP) is 3.43. The summed E-state index contributed by atoms with van der Waals surface area (Å²) in [7, 11) is 0. The van der Waals surface area contributed by atoms with Crippen LogP contribution in [0.2, 0.25) is 5.02 Å². The van der Waals surface area contributed by atoms with E-state index < -0.39 is 11.0 Å². The number of aromatic amines is 1. The molecule has 1 aromatic heterocycles. The number of halogens is 1. The summed E-state index contributed by atoms with van der Waals surface area (Å²) in [5.41, 5.74) is -1.30. The van der Waals surface area contributed by atoms with Crippen molar-refractivity contribution in [1.29, 1.82) is 0 Å². The van der Waals surface area contributed by atoms with E-state index in [0.717, 1.165) is 0 Å². The maximum atomic E-state index is 11.7. The maximum Gasteiger partial charge on any atom is 0.303 e. The number of hydrogen-bond acceptors (Lipinski definition) is 5. The molecule has 0 aliphatic heterocycles. The van der Waals surface area contributed by atoms with Gasteiger partial charge in [0.2, 0.25) is 0 Å². The van der Waals surface area contributed by atoms with Crippen molar-refractivity contribution in [3.8, 4) is 5.75 Å². The van der Waals surface area contributed by atoms with Gasteiger partial charge in [-0.05, 0) is 24.3 Å². The Labute approximate surface area is 146 Å². The molecule has 0 fully saturated rings. The number of aromatic nitrogens is 3. The van der Waals surface area contributed by atoms with E-state index in [2.05, 4.69) is 15.2 Å². The molecule has 1 atom stereocenters. The van der Waals surface area contributed by atoms with E-state index in [9.17, 15) is 4.79 Å². The first-order valence-electron chi connectivity index (χ1n) is 7.65. The van der Waals surface area contributed by atoms with Gasteiger partial charge in [-0.2, -0.15) is 0 Å². The minimum Gasteiger partial charge on any atom is -0.489 e. The van der Waals surface area contributed by atoms with Crippen molar-refractivity contribution in [1.82, 2.24) is 15.2 Å². The van der Waals surface area contributed by atoms with Gasteiger partial charge in [0.1, 0.15) is 24.5 Å². The number of rotatable bonds is 6. The molecular formula is C17H22ClN3O3. The number of H-pyrrole nitrogens is 1. The lowest BCUT2D eigenvalue weighted by atomic mass is 9.74. The molecule has 7 heteroatoms. The third-order valence-corrected chi connectivity index (χ3v) is 4.16. The number of nitrogens with one attached hydrogen (secondary N) is 1. The highest BCUT2D eigenvalue weighted by molar-refractivity contribution is 6.30. The van der Waals surface area contributed by atoms with Crippen LogP contribution in [0.5, 0.6) is 5.75 Å². The topological polar surface area (TPSA) is 77.1 Å². The van der Waals surface area contributed by atoms with E-state index in [1.54, 1.807) is 24.3 Å². The highest BCUT2D eigenvalue weighted by atomic mass is 35.5. The van der Waals surface area contributed by atoms with Crippen LogP contribution in [-0.4, -0.2) is 33.4 Å². The van der Waals surface area contributed by atoms with Crippen LogP contribution >= 0.6 is 11.6 Å². The zero-order chi connectivity index (χ0) is 17.8. The first kappa shape index (κ1) is 18.3. The van der Waals surface area contributed by atoms with E-state index in [4.69, 9.17) is 21.1 Å². The highest BCUT2D eigenvalue weighted by Crippen LogP contribution is 2.37. The molecule has 1 unspecified atom stereocenters. The second-order valence-corrected chi connectivity index (χ2v) is 7.13. The van der Waals surface area contributed by atoms with Gasteiger partial charge < -0.3 is 14.5 Å². The minimum atomic E-state index is -0.905. The molecule has 0 aliphatic carbocycles. The lowest BCUT2D eigenvalue weighted by molar-refractivity contribution is -0.177. The number of benzene rings is 1. The van der Waals surface area contributed by atoms with Crippen molar-refractivity contribution in [2.45, 2.75) is 39.7 Å². The number of carbonyl (C=O) groups excluding carboxylic acids is 1. The molecule has 6 nitrogen and oxygen atoms in total. The molecule has 0 saturated heterocycles. The number of carbonyl (C=O) groups is 1. The molecule has 0 radical (unpaired) electrons. The van der Waals surface area contributed by atoms with Gasteiger partial charge in [0.15, 0.2) is 5.60 Å². The van der Waals surface area contributed by atoms with Crippen LogP contribution < -0.4 is 4.74 Å². The Hall–Kier alpha value is -2.08. The number of esters is 1. The van der Waals surface area contributed by atoms with Crippen molar-refractivity contribution in [2.24, 2.45) is 5.41 Å². The van der Waals surface area contributed by atoms with Gasteiger partial charge in [0, 0.05) is 17.4 Å². The summed E-state index contributed by atoms with van der Waals surface area (Å²) in [4.78, 5) is 14.7. The minimum absolute atomic E-state index is 0.179. The molecule has 24 heavy (non-hydrogen) atoms. The van der Waals surface area contributed by atoms with Crippen LogP contribution in [0.3, 0.4) is 0 Å². The van der Waals surface area contributed by atoms with Gasteiger partial charge in [-0.15, -0.1) is 10.2 Å². The van der Waals surface area contributed by atoms with Gasteiger partial charge >= 0.3 is 5.97 Å². The monoisotopic (exact) mass is 351 g/mol. The van der Waals surface area contributed by atoms with Gasteiger partial charge in [-0.3, -0.25) is 4.79 Å². The third-order valence-electron chi connectivity index (χ3n) is 3.91. The maximum absolute atomic E-state index is 11.7. The van der Waals surface area contributed by atoms with Crippen molar-refractivity contribution in [2.75, 3.05) is 6.61 Å². The van der Waals surface area contributed by atoms with Gasteiger partial charge in [-0.1, -0.05) is 32.4 Å².